The van der Waals surface area contributed by atoms with E-state index in [-0.39, 0.29) is 23.6 Å². The van der Waals surface area contributed by atoms with Gasteiger partial charge in [-0.15, -0.1) is 0 Å². The summed E-state index contributed by atoms with van der Waals surface area (Å²) >= 11 is 0. The Morgan fingerprint density at radius 2 is 1.91 bits per heavy atom. The van der Waals surface area contributed by atoms with Gasteiger partial charge >= 0.3 is 0 Å². The van der Waals surface area contributed by atoms with Gasteiger partial charge in [-0.3, -0.25) is 14.9 Å². The number of nitriles is 1. The van der Waals surface area contributed by atoms with Crippen molar-refractivity contribution in [2.75, 3.05) is 12.4 Å². The van der Waals surface area contributed by atoms with Crippen LogP contribution in [0.5, 0.6) is 11.5 Å². The minimum atomic E-state index is -0.696. The first kappa shape index (κ1) is 22.1. The fourth-order valence-corrected chi connectivity index (χ4v) is 2.82. The molecule has 1 amide bonds. The number of ether oxygens (including phenoxy) is 2. The van der Waals surface area contributed by atoms with Crippen LogP contribution in [0.3, 0.4) is 0 Å². The van der Waals surface area contributed by atoms with Crippen LogP contribution in [0.4, 0.5) is 11.4 Å². The number of nitrogens with zero attached hydrogens (tertiary/aromatic N) is 2. The van der Waals surface area contributed by atoms with Crippen LogP contribution >= 0.6 is 0 Å². The Hall–Kier alpha value is -4.64. The normalized spacial score (nSPS) is 10.7. The number of methoxy groups -OCH3 is 1. The number of non-ortho nitro benzene ring substituents is 1. The second-order valence-corrected chi connectivity index (χ2v) is 6.61. The lowest BCUT2D eigenvalue weighted by Crippen LogP contribution is -2.13. The third kappa shape index (κ3) is 5.70. The summed E-state index contributed by atoms with van der Waals surface area (Å²) in [5.74, 6) is 0.298. The van der Waals surface area contributed by atoms with Crippen LogP contribution in [0, 0.1) is 21.4 Å². The number of nitro groups is 1. The van der Waals surface area contributed by atoms with Gasteiger partial charge in [-0.2, -0.15) is 5.26 Å². The van der Waals surface area contributed by atoms with Crippen LogP contribution in [-0.4, -0.2) is 17.9 Å². The minimum Gasteiger partial charge on any atom is -0.497 e. The van der Waals surface area contributed by atoms with E-state index in [1.165, 1.54) is 37.5 Å². The van der Waals surface area contributed by atoms with E-state index in [4.69, 9.17) is 9.47 Å². The van der Waals surface area contributed by atoms with Gasteiger partial charge in [0, 0.05) is 29.4 Å². The highest BCUT2D eigenvalue weighted by Gasteiger charge is 2.14. The van der Waals surface area contributed by atoms with Crippen molar-refractivity contribution in [3.8, 4) is 17.6 Å². The predicted octanol–water partition coefficient (Wildman–Crippen LogP) is 4.73. The number of hydrogen-bond donors (Lipinski definition) is 1. The van der Waals surface area contributed by atoms with Crippen LogP contribution < -0.4 is 14.8 Å². The lowest BCUT2D eigenvalue weighted by atomic mass is 10.1. The molecule has 0 radical (unpaired) electrons. The number of carbonyl (C=O) groups excluding carboxylic acids is 1. The molecule has 0 spiro atoms. The standard InChI is InChI=1S/C24H19N3O5/c1-31-22-11-10-18(23(14-22)32-16-17-6-3-2-4-7-17)12-19(15-25)24(28)26-20-8-5-9-21(13-20)27(29)30/h2-14H,16H2,1H3,(H,26,28)/b19-12+. The molecule has 0 heterocycles. The summed E-state index contributed by atoms with van der Waals surface area (Å²) in [4.78, 5) is 23.0. The summed E-state index contributed by atoms with van der Waals surface area (Å²) in [6.45, 7) is 0.288. The third-order valence-electron chi connectivity index (χ3n) is 4.44. The Labute approximate surface area is 184 Å². The topological polar surface area (TPSA) is 114 Å². The van der Waals surface area contributed by atoms with E-state index >= 15 is 0 Å². The second-order valence-electron chi connectivity index (χ2n) is 6.61. The van der Waals surface area contributed by atoms with Gasteiger partial charge in [0.15, 0.2) is 0 Å². The third-order valence-corrected chi connectivity index (χ3v) is 4.44. The zero-order valence-electron chi connectivity index (χ0n) is 17.1. The van der Waals surface area contributed by atoms with Crippen molar-refractivity contribution in [1.29, 1.82) is 5.26 Å². The van der Waals surface area contributed by atoms with Crippen molar-refractivity contribution < 1.29 is 19.2 Å². The molecular weight excluding hydrogens is 410 g/mol. The minimum absolute atomic E-state index is 0.169. The van der Waals surface area contributed by atoms with Crippen molar-refractivity contribution in [3.05, 3.63) is 99.6 Å². The van der Waals surface area contributed by atoms with E-state index in [9.17, 15) is 20.2 Å². The number of benzene rings is 3. The summed E-state index contributed by atoms with van der Waals surface area (Å²) in [7, 11) is 1.53. The molecule has 0 bridgehead atoms. The first-order chi connectivity index (χ1) is 15.5. The summed E-state index contributed by atoms with van der Waals surface area (Å²) in [5.41, 5.74) is 1.31. The van der Waals surface area contributed by atoms with Gasteiger partial charge in [-0.25, -0.2) is 0 Å². The number of carbonyl (C=O) groups is 1. The summed E-state index contributed by atoms with van der Waals surface area (Å²) in [6.07, 6.45) is 1.40. The highest BCUT2D eigenvalue weighted by molar-refractivity contribution is 6.10. The summed E-state index contributed by atoms with van der Waals surface area (Å²) in [6, 6.07) is 21.9. The average molecular weight is 429 g/mol. The number of nitrogens with one attached hydrogen (secondary N) is 1. The van der Waals surface area contributed by atoms with Gasteiger partial charge < -0.3 is 14.8 Å². The highest BCUT2D eigenvalue weighted by Crippen LogP contribution is 2.28. The summed E-state index contributed by atoms with van der Waals surface area (Å²) < 4.78 is 11.2. The van der Waals surface area contributed by atoms with Crippen LogP contribution in [-0.2, 0) is 11.4 Å². The Bertz CT molecular complexity index is 1200. The monoisotopic (exact) mass is 429 g/mol. The molecule has 0 unspecified atom stereocenters. The zero-order chi connectivity index (χ0) is 22.9. The number of anilines is 1. The first-order valence-corrected chi connectivity index (χ1v) is 9.52. The Kier molecular flexibility index (Phi) is 7.17. The maximum atomic E-state index is 12.6. The molecule has 1 N–H and O–H groups in total. The van der Waals surface area contributed by atoms with Gasteiger partial charge in [0.25, 0.3) is 11.6 Å². The molecule has 3 aromatic rings. The van der Waals surface area contributed by atoms with E-state index in [0.29, 0.717) is 17.1 Å². The lowest BCUT2D eigenvalue weighted by molar-refractivity contribution is -0.384. The smallest absolute Gasteiger partial charge is 0.271 e. The Morgan fingerprint density at radius 3 is 2.59 bits per heavy atom. The quantitative estimate of drug-likeness (QED) is 0.240. The fourth-order valence-electron chi connectivity index (χ4n) is 2.82. The molecule has 0 atom stereocenters. The van der Waals surface area contributed by atoms with Gasteiger partial charge in [-0.1, -0.05) is 36.4 Å². The van der Waals surface area contributed by atoms with E-state index in [1.54, 1.807) is 18.2 Å². The molecule has 0 fully saturated rings. The number of hydrogen-bond acceptors (Lipinski definition) is 6. The van der Waals surface area contributed by atoms with E-state index in [0.717, 1.165) is 5.56 Å². The first-order valence-electron chi connectivity index (χ1n) is 9.52. The molecule has 0 aliphatic carbocycles. The predicted molar refractivity (Wildman–Crippen MR) is 119 cm³/mol. The van der Waals surface area contributed by atoms with Crippen LogP contribution in [0.25, 0.3) is 6.08 Å². The number of amides is 1. The van der Waals surface area contributed by atoms with Crippen molar-refractivity contribution >= 4 is 23.4 Å². The van der Waals surface area contributed by atoms with E-state index in [1.807, 2.05) is 36.4 Å². The molecule has 8 heteroatoms. The van der Waals surface area contributed by atoms with Crippen LogP contribution in [0.2, 0.25) is 0 Å². The van der Waals surface area contributed by atoms with Crippen LogP contribution in [0.1, 0.15) is 11.1 Å². The van der Waals surface area contributed by atoms with Crippen molar-refractivity contribution in [3.63, 3.8) is 0 Å². The number of nitro benzene ring substituents is 1. The fraction of sp³-hybridized carbons (Fsp3) is 0.0833. The van der Waals surface area contributed by atoms with Gasteiger partial charge in [-0.05, 0) is 29.8 Å². The molecule has 0 aliphatic rings. The molecule has 0 saturated heterocycles. The molecule has 0 saturated carbocycles. The number of rotatable bonds is 8. The average Bonchev–Trinajstić information content (AvgIpc) is 2.82. The Morgan fingerprint density at radius 1 is 1.12 bits per heavy atom. The second kappa shape index (κ2) is 10.4. The maximum Gasteiger partial charge on any atom is 0.271 e. The van der Waals surface area contributed by atoms with Crippen molar-refractivity contribution in [2.45, 2.75) is 6.61 Å². The van der Waals surface area contributed by atoms with Crippen molar-refractivity contribution in [2.24, 2.45) is 0 Å². The van der Waals surface area contributed by atoms with Gasteiger partial charge in [0.05, 0.1) is 12.0 Å². The van der Waals surface area contributed by atoms with Crippen molar-refractivity contribution in [1.82, 2.24) is 0 Å². The molecular formula is C24H19N3O5. The van der Waals surface area contributed by atoms with Gasteiger partial charge in [0.1, 0.15) is 29.7 Å². The van der Waals surface area contributed by atoms with Gasteiger partial charge in [0.2, 0.25) is 0 Å². The molecule has 3 rings (SSSR count). The largest absolute Gasteiger partial charge is 0.497 e. The van der Waals surface area contributed by atoms with E-state index < -0.39 is 10.8 Å². The van der Waals surface area contributed by atoms with E-state index in [2.05, 4.69) is 5.32 Å². The SMILES string of the molecule is COc1ccc(/C=C(\C#N)C(=O)Nc2cccc([N+](=O)[O-])c2)c(OCc2ccccc2)c1. The molecule has 3 aromatic carbocycles. The molecule has 8 nitrogen and oxygen atoms in total. The van der Waals surface area contributed by atoms with Crippen LogP contribution in [0.15, 0.2) is 78.4 Å². The lowest BCUT2D eigenvalue weighted by Gasteiger charge is -2.12. The Balaban J connectivity index is 1.85. The highest BCUT2D eigenvalue weighted by atomic mass is 16.6. The maximum absolute atomic E-state index is 12.6. The molecule has 32 heavy (non-hydrogen) atoms. The molecule has 0 aromatic heterocycles. The zero-order valence-corrected chi connectivity index (χ0v) is 17.1. The molecule has 0 aliphatic heterocycles. The summed E-state index contributed by atoms with van der Waals surface area (Å²) in [5, 5.41) is 23.0. The molecule has 160 valence electrons.